The van der Waals surface area contributed by atoms with Crippen molar-refractivity contribution in [3.63, 3.8) is 0 Å². The summed E-state index contributed by atoms with van der Waals surface area (Å²) in [5, 5.41) is 8.19. The maximum absolute atomic E-state index is 10.5. The molecule has 1 N–H and O–H groups in total. The van der Waals surface area contributed by atoms with Gasteiger partial charge in [-0.2, -0.15) is 0 Å². The minimum atomic E-state index is -0.443. The summed E-state index contributed by atoms with van der Waals surface area (Å²) in [6.07, 6.45) is 0.938. The van der Waals surface area contributed by atoms with Gasteiger partial charge in [0.2, 0.25) is 0 Å². The van der Waals surface area contributed by atoms with Crippen LogP contribution in [0.25, 0.3) is 0 Å². The predicted octanol–water partition coefficient (Wildman–Crippen LogP) is 0.137. The summed E-state index contributed by atoms with van der Waals surface area (Å²) >= 11 is 0. The van der Waals surface area contributed by atoms with Crippen LogP contribution >= 0.6 is 0 Å². The molecule has 0 rings (SSSR count). The SMILES string of the molecule is C.O=CCCC(=O)OCCO. The van der Waals surface area contributed by atoms with Crippen LogP contribution in [0.2, 0.25) is 0 Å². The molecule has 0 aromatic carbocycles. The quantitative estimate of drug-likeness (QED) is 0.461. The van der Waals surface area contributed by atoms with Gasteiger partial charge in [-0.1, -0.05) is 7.43 Å². The number of esters is 1. The standard InChI is InChI=1S/C6H10O4.CH4/c7-3-1-2-6(9)10-5-4-8;/h3,8H,1-2,4-5H2;1H4. The van der Waals surface area contributed by atoms with E-state index in [1.807, 2.05) is 0 Å². The van der Waals surface area contributed by atoms with E-state index in [4.69, 9.17) is 5.11 Å². The maximum Gasteiger partial charge on any atom is 0.306 e. The molecule has 4 nitrogen and oxygen atoms in total. The summed E-state index contributed by atoms with van der Waals surface area (Å²) in [6.45, 7) is -0.162. The number of aliphatic hydroxyl groups is 1. The van der Waals surface area contributed by atoms with Crippen LogP contribution in [0.4, 0.5) is 0 Å². The molecule has 11 heavy (non-hydrogen) atoms. The molecular weight excluding hydrogens is 148 g/mol. The van der Waals surface area contributed by atoms with Gasteiger partial charge in [0.25, 0.3) is 0 Å². The van der Waals surface area contributed by atoms with E-state index in [2.05, 4.69) is 4.74 Å². The van der Waals surface area contributed by atoms with E-state index in [0.717, 1.165) is 0 Å². The monoisotopic (exact) mass is 162 g/mol. The van der Waals surface area contributed by atoms with Crippen molar-refractivity contribution in [3.05, 3.63) is 0 Å². The third-order valence-electron chi connectivity index (χ3n) is 0.821. The zero-order valence-corrected chi connectivity index (χ0v) is 5.58. The zero-order chi connectivity index (χ0) is 7.82. The van der Waals surface area contributed by atoms with Crippen LogP contribution < -0.4 is 0 Å². The van der Waals surface area contributed by atoms with Crippen LogP contribution in [0.1, 0.15) is 20.3 Å². The van der Waals surface area contributed by atoms with E-state index in [-0.39, 0.29) is 33.5 Å². The molecule has 0 aromatic heterocycles. The van der Waals surface area contributed by atoms with E-state index >= 15 is 0 Å². The molecule has 0 atom stereocenters. The summed E-state index contributed by atoms with van der Waals surface area (Å²) in [4.78, 5) is 20.2. The van der Waals surface area contributed by atoms with Gasteiger partial charge in [-0.15, -0.1) is 0 Å². The summed E-state index contributed by atoms with van der Waals surface area (Å²) in [7, 11) is 0. The van der Waals surface area contributed by atoms with Crippen LogP contribution in [0.5, 0.6) is 0 Å². The first kappa shape index (κ1) is 12.7. The average molecular weight is 162 g/mol. The maximum atomic E-state index is 10.5. The molecule has 0 saturated heterocycles. The molecule has 0 spiro atoms. The zero-order valence-electron chi connectivity index (χ0n) is 5.58. The molecule has 0 bridgehead atoms. The van der Waals surface area contributed by atoms with Crippen molar-refractivity contribution < 1.29 is 19.4 Å². The Morgan fingerprint density at radius 3 is 2.64 bits per heavy atom. The molecule has 0 aliphatic carbocycles. The Hall–Kier alpha value is -0.900. The number of rotatable bonds is 5. The molecular formula is C7H14O4. The van der Waals surface area contributed by atoms with Crippen molar-refractivity contribution >= 4 is 12.3 Å². The highest BCUT2D eigenvalue weighted by atomic mass is 16.5. The fraction of sp³-hybridized carbons (Fsp3) is 0.714. The third-order valence-corrected chi connectivity index (χ3v) is 0.821. The van der Waals surface area contributed by atoms with Crippen molar-refractivity contribution in [2.75, 3.05) is 13.2 Å². The molecule has 0 amide bonds. The fourth-order valence-electron chi connectivity index (χ4n) is 0.408. The summed E-state index contributed by atoms with van der Waals surface area (Å²) < 4.78 is 4.45. The first-order valence-electron chi connectivity index (χ1n) is 3.01. The summed E-state index contributed by atoms with van der Waals surface area (Å²) in [5.41, 5.74) is 0. The van der Waals surface area contributed by atoms with E-state index in [1.165, 1.54) is 0 Å². The van der Waals surface area contributed by atoms with Gasteiger partial charge >= 0.3 is 5.97 Å². The lowest BCUT2D eigenvalue weighted by Gasteiger charge is -1.98. The van der Waals surface area contributed by atoms with Gasteiger partial charge in [-0.25, -0.2) is 0 Å². The highest BCUT2D eigenvalue weighted by molar-refractivity contribution is 5.72. The molecule has 4 heteroatoms. The molecule has 66 valence electrons. The number of aliphatic hydroxyl groups excluding tert-OH is 1. The average Bonchev–Trinajstić information content (AvgIpc) is 1.97. The van der Waals surface area contributed by atoms with Crippen LogP contribution in [-0.4, -0.2) is 30.6 Å². The number of hydrogen-bond donors (Lipinski definition) is 1. The van der Waals surface area contributed by atoms with Gasteiger partial charge < -0.3 is 14.6 Å². The Balaban J connectivity index is 0. The van der Waals surface area contributed by atoms with Gasteiger partial charge in [0.15, 0.2) is 0 Å². The minimum absolute atomic E-state index is 0. The molecule has 0 saturated carbocycles. The molecule has 0 aliphatic rings. The molecule has 0 radical (unpaired) electrons. The third kappa shape index (κ3) is 9.10. The second-order valence-corrected chi connectivity index (χ2v) is 1.65. The summed E-state index contributed by atoms with van der Waals surface area (Å²) in [5.74, 6) is -0.443. The number of ether oxygens (including phenoxy) is 1. The van der Waals surface area contributed by atoms with E-state index < -0.39 is 5.97 Å². The Labute approximate surface area is 66.2 Å². The molecule has 0 aliphatic heterocycles. The lowest BCUT2D eigenvalue weighted by molar-refractivity contribution is -0.145. The number of carbonyl (C=O) groups excluding carboxylic acids is 2. The van der Waals surface area contributed by atoms with Crippen molar-refractivity contribution in [2.24, 2.45) is 0 Å². The highest BCUT2D eigenvalue weighted by Crippen LogP contribution is 1.88. The first-order chi connectivity index (χ1) is 4.81. The number of carbonyl (C=O) groups is 2. The molecule has 0 aromatic rings. The Kier molecular flexibility index (Phi) is 10.5. The number of hydrogen-bond acceptors (Lipinski definition) is 4. The van der Waals surface area contributed by atoms with Gasteiger partial charge in [0.1, 0.15) is 12.9 Å². The Bertz CT molecular complexity index is 111. The van der Waals surface area contributed by atoms with Crippen molar-refractivity contribution in [3.8, 4) is 0 Å². The lowest BCUT2D eigenvalue weighted by Crippen LogP contribution is -2.07. The van der Waals surface area contributed by atoms with Crippen molar-refractivity contribution in [1.29, 1.82) is 0 Å². The predicted molar refractivity (Wildman–Crippen MR) is 40.1 cm³/mol. The number of aldehydes is 1. The van der Waals surface area contributed by atoms with Crippen LogP contribution in [0.15, 0.2) is 0 Å². The highest BCUT2D eigenvalue weighted by Gasteiger charge is 1.99. The Morgan fingerprint density at radius 1 is 1.55 bits per heavy atom. The van der Waals surface area contributed by atoms with Crippen LogP contribution in [0, 0.1) is 0 Å². The van der Waals surface area contributed by atoms with E-state index in [1.54, 1.807) is 0 Å². The van der Waals surface area contributed by atoms with Crippen LogP contribution in [0.3, 0.4) is 0 Å². The smallest absolute Gasteiger partial charge is 0.306 e. The van der Waals surface area contributed by atoms with Crippen molar-refractivity contribution in [2.45, 2.75) is 20.3 Å². The lowest BCUT2D eigenvalue weighted by atomic mass is 10.3. The van der Waals surface area contributed by atoms with Gasteiger partial charge in [0.05, 0.1) is 13.0 Å². The Morgan fingerprint density at radius 2 is 2.18 bits per heavy atom. The van der Waals surface area contributed by atoms with E-state index in [0.29, 0.717) is 6.29 Å². The summed E-state index contributed by atoms with van der Waals surface area (Å²) in [6, 6.07) is 0. The minimum Gasteiger partial charge on any atom is -0.463 e. The molecule has 0 unspecified atom stereocenters. The largest absolute Gasteiger partial charge is 0.463 e. The first-order valence-corrected chi connectivity index (χ1v) is 3.01. The second kappa shape index (κ2) is 9.10. The second-order valence-electron chi connectivity index (χ2n) is 1.65. The molecule has 0 fully saturated rings. The normalized spacial score (nSPS) is 8.09. The van der Waals surface area contributed by atoms with Gasteiger partial charge in [-0.05, 0) is 0 Å². The fourth-order valence-corrected chi connectivity index (χ4v) is 0.408. The molecule has 0 heterocycles. The van der Waals surface area contributed by atoms with Gasteiger partial charge in [-0.3, -0.25) is 4.79 Å². The topological polar surface area (TPSA) is 63.6 Å². The van der Waals surface area contributed by atoms with Crippen molar-refractivity contribution in [1.82, 2.24) is 0 Å². The van der Waals surface area contributed by atoms with Gasteiger partial charge in [0, 0.05) is 6.42 Å². The van der Waals surface area contributed by atoms with Crippen LogP contribution in [-0.2, 0) is 14.3 Å². The van der Waals surface area contributed by atoms with E-state index in [9.17, 15) is 9.59 Å².